The fourth-order valence-corrected chi connectivity index (χ4v) is 4.34. The molecule has 3 aliphatic rings. The number of aryl methyl sites for hydroxylation is 1. The first-order valence-electron chi connectivity index (χ1n) is 9.30. The maximum absolute atomic E-state index is 13.0. The highest BCUT2D eigenvalue weighted by Crippen LogP contribution is 2.28. The van der Waals surface area contributed by atoms with Crippen LogP contribution in [0.4, 0.5) is 10.5 Å². The molecule has 0 unspecified atom stereocenters. The van der Waals surface area contributed by atoms with Gasteiger partial charge in [-0.3, -0.25) is 9.69 Å². The average molecular weight is 342 g/mol. The van der Waals surface area contributed by atoms with E-state index in [-0.39, 0.29) is 24.0 Å². The fourth-order valence-electron chi connectivity index (χ4n) is 4.34. The molecule has 1 aromatic rings. The lowest BCUT2D eigenvalue weighted by Gasteiger charge is -2.39. The first-order valence-corrected chi connectivity index (χ1v) is 9.30. The largest absolute Gasteiger partial charge is 0.336 e. The molecule has 0 aliphatic carbocycles. The minimum Gasteiger partial charge on any atom is -0.336 e. The number of benzene rings is 1. The van der Waals surface area contributed by atoms with Crippen molar-refractivity contribution < 1.29 is 9.59 Å². The molecule has 6 nitrogen and oxygen atoms in total. The van der Waals surface area contributed by atoms with Gasteiger partial charge in [-0.2, -0.15) is 0 Å². The van der Waals surface area contributed by atoms with Crippen LogP contribution in [-0.2, 0) is 4.79 Å². The highest BCUT2D eigenvalue weighted by atomic mass is 16.2. The van der Waals surface area contributed by atoms with Gasteiger partial charge < -0.3 is 15.1 Å². The third-order valence-corrected chi connectivity index (χ3v) is 5.72. The molecule has 134 valence electrons. The van der Waals surface area contributed by atoms with E-state index >= 15 is 0 Å². The quantitative estimate of drug-likeness (QED) is 0.908. The molecule has 0 bridgehead atoms. The molecule has 3 saturated heterocycles. The van der Waals surface area contributed by atoms with Crippen molar-refractivity contribution in [2.24, 2.45) is 0 Å². The van der Waals surface area contributed by atoms with Crippen LogP contribution in [0.15, 0.2) is 24.3 Å². The number of carbonyl (C=O) groups is 2. The van der Waals surface area contributed by atoms with Crippen LogP contribution >= 0.6 is 0 Å². The number of hydrogen-bond acceptors (Lipinski definition) is 3. The number of anilines is 1. The second-order valence-electron chi connectivity index (χ2n) is 7.35. The van der Waals surface area contributed by atoms with Crippen molar-refractivity contribution in [3.05, 3.63) is 29.8 Å². The topological polar surface area (TPSA) is 55.9 Å². The van der Waals surface area contributed by atoms with Crippen molar-refractivity contribution in [2.45, 2.75) is 38.3 Å². The minimum atomic E-state index is -0.0465. The Morgan fingerprint density at radius 3 is 2.56 bits per heavy atom. The molecular weight excluding hydrogens is 316 g/mol. The van der Waals surface area contributed by atoms with E-state index in [9.17, 15) is 9.59 Å². The molecule has 1 N–H and O–H groups in total. The molecule has 6 heteroatoms. The molecule has 0 saturated carbocycles. The summed E-state index contributed by atoms with van der Waals surface area (Å²) in [5.74, 6) is 0.204. The first-order chi connectivity index (χ1) is 12.1. The number of amides is 3. The molecule has 3 fully saturated rings. The number of piperidine rings is 1. The number of carbonyl (C=O) groups excluding carboxylic acids is 2. The highest BCUT2D eigenvalue weighted by molar-refractivity contribution is 5.99. The van der Waals surface area contributed by atoms with Crippen LogP contribution in [0.25, 0.3) is 0 Å². The Morgan fingerprint density at radius 2 is 1.84 bits per heavy atom. The highest BCUT2D eigenvalue weighted by Gasteiger charge is 2.40. The maximum atomic E-state index is 13.0. The van der Waals surface area contributed by atoms with Gasteiger partial charge in [0, 0.05) is 37.9 Å². The molecule has 2 atom stereocenters. The van der Waals surface area contributed by atoms with Gasteiger partial charge in [-0.05, 0) is 44.9 Å². The predicted octanol–water partition coefficient (Wildman–Crippen LogP) is 1.59. The number of likely N-dealkylation sites (tertiary alicyclic amines) is 1. The monoisotopic (exact) mass is 342 g/mol. The zero-order valence-electron chi connectivity index (χ0n) is 14.8. The minimum absolute atomic E-state index is 0.0465. The summed E-state index contributed by atoms with van der Waals surface area (Å²) < 4.78 is 0. The molecule has 25 heavy (non-hydrogen) atoms. The molecule has 3 amide bonds. The van der Waals surface area contributed by atoms with E-state index in [2.05, 4.69) is 29.3 Å². The van der Waals surface area contributed by atoms with Gasteiger partial charge in [-0.15, -0.1) is 0 Å². The third-order valence-electron chi connectivity index (χ3n) is 5.72. The molecule has 3 aliphatic heterocycles. The summed E-state index contributed by atoms with van der Waals surface area (Å²) in [6.45, 7) is 6.11. The Bertz CT molecular complexity index is 660. The van der Waals surface area contributed by atoms with Gasteiger partial charge in [-0.1, -0.05) is 17.7 Å². The van der Waals surface area contributed by atoms with Crippen LogP contribution in [-0.4, -0.2) is 66.5 Å². The lowest BCUT2D eigenvalue weighted by atomic mass is 10.0. The van der Waals surface area contributed by atoms with Crippen LogP contribution in [0.5, 0.6) is 0 Å². The SMILES string of the molecule is Cc1ccc(N2CC[C@H](N3CCC[C@H](N4CCNC4=O)C3)C2=O)cc1. The van der Waals surface area contributed by atoms with Gasteiger partial charge in [0.05, 0.1) is 6.04 Å². The number of rotatable bonds is 3. The van der Waals surface area contributed by atoms with E-state index in [0.717, 1.165) is 57.7 Å². The second-order valence-corrected chi connectivity index (χ2v) is 7.35. The lowest BCUT2D eigenvalue weighted by molar-refractivity contribution is -0.122. The first kappa shape index (κ1) is 16.4. The van der Waals surface area contributed by atoms with E-state index in [1.54, 1.807) is 0 Å². The maximum Gasteiger partial charge on any atom is 0.317 e. The summed E-state index contributed by atoms with van der Waals surface area (Å²) in [5, 5.41) is 2.89. The van der Waals surface area contributed by atoms with Gasteiger partial charge >= 0.3 is 6.03 Å². The Kier molecular flexibility index (Phi) is 4.37. The van der Waals surface area contributed by atoms with Gasteiger partial charge in [0.2, 0.25) is 5.91 Å². The van der Waals surface area contributed by atoms with Crippen LogP contribution in [0.2, 0.25) is 0 Å². The van der Waals surface area contributed by atoms with Crippen molar-refractivity contribution in [3.8, 4) is 0 Å². The zero-order chi connectivity index (χ0) is 17.4. The van der Waals surface area contributed by atoms with E-state index in [4.69, 9.17) is 0 Å². The van der Waals surface area contributed by atoms with Crippen molar-refractivity contribution >= 4 is 17.6 Å². The Balaban J connectivity index is 1.44. The summed E-state index contributed by atoms with van der Waals surface area (Å²) in [6, 6.07) is 8.41. The average Bonchev–Trinajstić information content (AvgIpc) is 3.22. The summed E-state index contributed by atoms with van der Waals surface area (Å²) in [7, 11) is 0. The molecule has 0 aromatic heterocycles. The fraction of sp³-hybridized carbons (Fsp3) is 0.579. The van der Waals surface area contributed by atoms with E-state index in [1.165, 1.54) is 5.56 Å². The van der Waals surface area contributed by atoms with Crippen LogP contribution in [0, 0.1) is 6.92 Å². The summed E-state index contributed by atoms with van der Waals surface area (Å²) in [6.07, 6.45) is 2.95. The summed E-state index contributed by atoms with van der Waals surface area (Å²) >= 11 is 0. The summed E-state index contributed by atoms with van der Waals surface area (Å²) in [4.78, 5) is 31.1. The van der Waals surface area contributed by atoms with Crippen LogP contribution in [0.3, 0.4) is 0 Å². The smallest absolute Gasteiger partial charge is 0.317 e. The van der Waals surface area contributed by atoms with Crippen LogP contribution in [0.1, 0.15) is 24.8 Å². The summed E-state index contributed by atoms with van der Waals surface area (Å²) in [5.41, 5.74) is 2.19. The van der Waals surface area contributed by atoms with Crippen molar-refractivity contribution in [3.63, 3.8) is 0 Å². The predicted molar refractivity (Wildman–Crippen MR) is 96.6 cm³/mol. The molecule has 0 spiro atoms. The second kappa shape index (κ2) is 6.67. The van der Waals surface area contributed by atoms with Gasteiger partial charge in [0.25, 0.3) is 0 Å². The van der Waals surface area contributed by atoms with Crippen LogP contribution < -0.4 is 10.2 Å². The Hall–Kier alpha value is -2.08. The van der Waals surface area contributed by atoms with E-state index < -0.39 is 0 Å². The molecule has 3 heterocycles. The van der Waals surface area contributed by atoms with Crippen molar-refractivity contribution in [2.75, 3.05) is 37.6 Å². The molecule has 0 radical (unpaired) electrons. The van der Waals surface area contributed by atoms with E-state index in [1.807, 2.05) is 21.9 Å². The molecule has 4 rings (SSSR count). The lowest BCUT2D eigenvalue weighted by Crippen LogP contribution is -2.53. The number of urea groups is 1. The Labute approximate surface area is 148 Å². The van der Waals surface area contributed by atoms with Gasteiger partial charge in [-0.25, -0.2) is 4.79 Å². The number of nitrogens with one attached hydrogen (secondary N) is 1. The van der Waals surface area contributed by atoms with Crippen molar-refractivity contribution in [1.29, 1.82) is 0 Å². The number of hydrogen-bond donors (Lipinski definition) is 1. The van der Waals surface area contributed by atoms with Gasteiger partial charge in [0.1, 0.15) is 0 Å². The molecule has 1 aromatic carbocycles. The Morgan fingerprint density at radius 1 is 1.04 bits per heavy atom. The number of nitrogens with zero attached hydrogens (tertiary/aromatic N) is 3. The normalized spacial score (nSPS) is 27.9. The standard InChI is InChI=1S/C19H26N4O2/c1-14-4-6-15(7-5-14)22-11-8-17(18(22)24)21-10-2-3-16(13-21)23-12-9-20-19(23)25/h4-7,16-17H,2-3,8-13H2,1H3,(H,20,25)/t16-,17-/m0/s1. The molecular formula is C19H26N4O2. The zero-order valence-corrected chi connectivity index (χ0v) is 14.8. The van der Waals surface area contributed by atoms with Crippen molar-refractivity contribution in [1.82, 2.24) is 15.1 Å². The van der Waals surface area contributed by atoms with Gasteiger partial charge in [0.15, 0.2) is 0 Å². The van der Waals surface area contributed by atoms with E-state index in [0.29, 0.717) is 0 Å². The third kappa shape index (κ3) is 3.11.